The molecule has 1 aromatic rings. The molecule has 1 unspecified atom stereocenters. The quantitative estimate of drug-likeness (QED) is 0.666. The minimum atomic E-state index is -3.88. The lowest BCUT2D eigenvalue weighted by Gasteiger charge is -2.13. The van der Waals surface area contributed by atoms with Crippen LogP contribution >= 0.6 is 0 Å². The molecular formula is C12H15FN2O4S. The molecule has 0 heterocycles. The molecule has 1 aliphatic carbocycles. The molecule has 0 aliphatic heterocycles. The zero-order valence-electron chi connectivity index (χ0n) is 11.1. The SMILES string of the molecule is Cc1cc(S(=O)(=O)NC(C)C2CC2)cc([N+](=O)[O-])c1F. The van der Waals surface area contributed by atoms with Gasteiger partial charge >= 0.3 is 5.69 Å². The van der Waals surface area contributed by atoms with E-state index in [1.165, 1.54) is 6.92 Å². The molecule has 1 saturated carbocycles. The van der Waals surface area contributed by atoms with Gasteiger partial charge in [0.25, 0.3) is 0 Å². The van der Waals surface area contributed by atoms with Crippen molar-refractivity contribution in [2.75, 3.05) is 0 Å². The highest BCUT2D eigenvalue weighted by molar-refractivity contribution is 7.89. The number of aryl methyl sites for hydroxylation is 1. The summed E-state index contributed by atoms with van der Waals surface area (Å²) in [4.78, 5) is 9.54. The van der Waals surface area contributed by atoms with Crippen molar-refractivity contribution in [3.05, 3.63) is 33.6 Å². The summed E-state index contributed by atoms with van der Waals surface area (Å²) in [6.45, 7) is 3.05. The van der Waals surface area contributed by atoms with Gasteiger partial charge < -0.3 is 0 Å². The fourth-order valence-electron chi connectivity index (χ4n) is 2.01. The predicted molar refractivity (Wildman–Crippen MR) is 70.3 cm³/mol. The second-order valence-electron chi connectivity index (χ2n) is 5.08. The van der Waals surface area contributed by atoms with Crippen molar-refractivity contribution in [3.8, 4) is 0 Å². The lowest BCUT2D eigenvalue weighted by molar-refractivity contribution is -0.387. The summed E-state index contributed by atoms with van der Waals surface area (Å²) in [5.41, 5.74) is -0.900. The van der Waals surface area contributed by atoms with Crippen LogP contribution < -0.4 is 4.72 Å². The van der Waals surface area contributed by atoms with Crippen molar-refractivity contribution < 1.29 is 17.7 Å². The Labute approximate surface area is 116 Å². The maximum atomic E-state index is 13.6. The van der Waals surface area contributed by atoms with Gasteiger partial charge in [-0.15, -0.1) is 0 Å². The van der Waals surface area contributed by atoms with Crippen LogP contribution in [-0.4, -0.2) is 19.4 Å². The highest BCUT2D eigenvalue weighted by atomic mass is 32.2. The molecule has 0 aromatic heterocycles. The number of hydrogen-bond donors (Lipinski definition) is 1. The van der Waals surface area contributed by atoms with Crippen LogP contribution in [0.5, 0.6) is 0 Å². The van der Waals surface area contributed by atoms with Crippen molar-refractivity contribution >= 4 is 15.7 Å². The second-order valence-corrected chi connectivity index (χ2v) is 6.79. The van der Waals surface area contributed by atoms with Gasteiger partial charge in [0.05, 0.1) is 9.82 Å². The van der Waals surface area contributed by atoms with E-state index in [-0.39, 0.29) is 16.5 Å². The summed E-state index contributed by atoms with van der Waals surface area (Å²) in [5.74, 6) is -0.703. The second kappa shape index (κ2) is 5.10. The molecular weight excluding hydrogens is 287 g/mol. The van der Waals surface area contributed by atoms with Crippen LogP contribution in [0, 0.1) is 28.8 Å². The average molecular weight is 302 g/mol. The normalized spacial score (nSPS) is 16.9. The average Bonchev–Trinajstić information content (AvgIpc) is 3.15. The Balaban J connectivity index is 2.38. The minimum absolute atomic E-state index is 0.0707. The van der Waals surface area contributed by atoms with Gasteiger partial charge in [-0.2, -0.15) is 4.39 Å². The summed E-state index contributed by atoms with van der Waals surface area (Å²) in [6, 6.07) is 1.62. The molecule has 0 bridgehead atoms. The highest BCUT2D eigenvalue weighted by Gasteiger charge is 2.32. The van der Waals surface area contributed by atoms with Gasteiger partial charge in [-0.1, -0.05) is 0 Å². The minimum Gasteiger partial charge on any atom is -0.258 e. The summed E-state index contributed by atoms with van der Waals surface area (Å²) < 4.78 is 40.4. The van der Waals surface area contributed by atoms with Gasteiger partial charge in [0.2, 0.25) is 15.8 Å². The summed E-state index contributed by atoms with van der Waals surface area (Å²) >= 11 is 0. The van der Waals surface area contributed by atoms with Gasteiger partial charge in [0, 0.05) is 12.1 Å². The number of benzene rings is 1. The number of nitrogens with zero attached hydrogens (tertiary/aromatic N) is 1. The molecule has 6 nitrogen and oxygen atoms in total. The molecule has 110 valence electrons. The first-order valence-corrected chi connectivity index (χ1v) is 7.67. The topological polar surface area (TPSA) is 89.3 Å². The fourth-order valence-corrected chi connectivity index (χ4v) is 3.43. The van der Waals surface area contributed by atoms with E-state index in [1.54, 1.807) is 6.92 Å². The standard InChI is InChI=1S/C12H15FN2O4S/c1-7-5-10(6-11(12(7)13)15(16)17)20(18,19)14-8(2)9-3-4-9/h5-6,8-9,14H,3-4H2,1-2H3. The number of sulfonamides is 1. The molecule has 1 N–H and O–H groups in total. The van der Waals surface area contributed by atoms with Gasteiger partial charge in [-0.3, -0.25) is 10.1 Å². The Morgan fingerprint density at radius 1 is 1.45 bits per heavy atom. The van der Waals surface area contributed by atoms with E-state index >= 15 is 0 Å². The van der Waals surface area contributed by atoms with E-state index in [2.05, 4.69) is 4.72 Å². The number of nitrogens with one attached hydrogen (secondary N) is 1. The van der Waals surface area contributed by atoms with Crippen LogP contribution in [0.1, 0.15) is 25.3 Å². The molecule has 1 atom stereocenters. The smallest absolute Gasteiger partial charge is 0.258 e. The van der Waals surface area contributed by atoms with E-state index in [1.807, 2.05) is 0 Å². The molecule has 20 heavy (non-hydrogen) atoms. The lowest BCUT2D eigenvalue weighted by atomic mass is 10.2. The molecule has 0 radical (unpaired) electrons. The van der Waals surface area contributed by atoms with Crippen molar-refractivity contribution in [1.82, 2.24) is 4.72 Å². The third-order valence-corrected chi connectivity index (χ3v) is 4.92. The van der Waals surface area contributed by atoms with E-state index in [0.717, 1.165) is 25.0 Å². The van der Waals surface area contributed by atoms with Crippen LogP contribution in [-0.2, 0) is 10.0 Å². The fraction of sp³-hybridized carbons (Fsp3) is 0.500. The number of nitro groups is 1. The maximum absolute atomic E-state index is 13.6. The first kappa shape index (κ1) is 14.9. The molecule has 2 rings (SSSR count). The Kier molecular flexibility index (Phi) is 3.79. The molecule has 0 spiro atoms. The van der Waals surface area contributed by atoms with Crippen LogP contribution in [0.2, 0.25) is 0 Å². The summed E-state index contributed by atoms with van der Waals surface area (Å²) in [6.07, 6.45) is 1.93. The third kappa shape index (κ3) is 2.96. The van der Waals surface area contributed by atoms with Crippen LogP contribution in [0.4, 0.5) is 10.1 Å². The molecule has 1 aliphatic rings. The van der Waals surface area contributed by atoms with Gasteiger partial charge in [-0.05, 0) is 44.2 Å². The molecule has 1 fully saturated rings. The van der Waals surface area contributed by atoms with Gasteiger partial charge in [0.1, 0.15) is 0 Å². The largest absolute Gasteiger partial charge is 0.306 e. The van der Waals surface area contributed by atoms with Gasteiger partial charge in [-0.25, -0.2) is 13.1 Å². The zero-order chi connectivity index (χ0) is 15.1. The first-order chi connectivity index (χ1) is 9.22. The Morgan fingerprint density at radius 3 is 2.55 bits per heavy atom. The lowest BCUT2D eigenvalue weighted by Crippen LogP contribution is -2.34. The Hall–Kier alpha value is -1.54. The first-order valence-electron chi connectivity index (χ1n) is 6.19. The zero-order valence-corrected chi connectivity index (χ0v) is 11.9. The van der Waals surface area contributed by atoms with Crippen molar-refractivity contribution in [2.24, 2.45) is 5.92 Å². The van der Waals surface area contributed by atoms with Crippen molar-refractivity contribution in [1.29, 1.82) is 0 Å². The molecule has 0 saturated heterocycles. The van der Waals surface area contributed by atoms with E-state index in [0.29, 0.717) is 5.92 Å². The number of rotatable bonds is 5. The monoisotopic (exact) mass is 302 g/mol. The summed E-state index contributed by atoms with van der Waals surface area (Å²) in [7, 11) is -3.88. The predicted octanol–water partition coefficient (Wildman–Crippen LogP) is 2.12. The van der Waals surface area contributed by atoms with Gasteiger partial charge in [0.15, 0.2) is 0 Å². The number of halogens is 1. The molecule has 1 aromatic carbocycles. The highest BCUT2D eigenvalue weighted by Crippen LogP contribution is 2.33. The van der Waals surface area contributed by atoms with Crippen molar-refractivity contribution in [2.45, 2.75) is 37.6 Å². The maximum Gasteiger partial charge on any atom is 0.306 e. The van der Waals surface area contributed by atoms with E-state index in [9.17, 15) is 22.9 Å². The van der Waals surface area contributed by atoms with Crippen LogP contribution in [0.25, 0.3) is 0 Å². The van der Waals surface area contributed by atoms with E-state index in [4.69, 9.17) is 0 Å². The number of hydrogen-bond acceptors (Lipinski definition) is 4. The van der Waals surface area contributed by atoms with Crippen LogP contribution in [0.15, 0.2) is 17.0 Å². The molecule has 8 heteroatoms. The Bertz CT molecular complexity index is 656. The summed E-state index contributed by atoms with van der Waals surface area (Å²) in [5, 5.41) is 10.7. The molecule has 0 amide bonds. The van der Waals surface area contributed by atoms with Crippen LogP contribution in [0.3, 0.4) is 0 Å². The van der Waals surface area contributed by atoms with Crippen molar-refractivity contribution in [3.63, 3.8) is 0 Å². The number of nitro benzene ring substituents is 1. The Morgan fingerprint density at radius 2 is 2.05 bits per heavy atom. The van der Waals surface area contributed by atoms with E-state index < -0.39 is 26.5 Å². The third-order valence-electron chi connectivity index (χ3n) is 3.39.